The molecule has 1 aliphatic heterocycles. The molecule has 5 heteroatoms. The van der Waals surface area contributed by atoms with Crippen LogP contribution in [0.3, 0.4) is 0 Å². The summed E-state index contributed by atoms with van der Waals surface area (Å²) in [6, 6.07) is 2.58. The zero-order valence-corrected chi connectivity index (χ0v) is 8.44. The van der Waals surface area contributed by atoms with E-state index in [-0.39, 0.29) is 11.5 Å². The van der Waals surface area contributed by atoms with Crippen LogP contribution in [-0.4, -0.2) is 13.1 Å². The largest absolute Gasteiger partial charge is 0.416 e. The number of halogens is 4. The van der Waals surface area contributed by atoms with Gasteiger partial charge in [-0.3, -0.25) is 0 Å². The molecule has 0 spiro atoms. The first-order valence-corrected chi connectivity index (χ1v) is 5.03. The fourth-order valence-corrected chi connectivity index (χ4v) is 1.71. The third kappa shape index (κ3) is 2.35. The third-order valence-corrected chi connectivity index (χ3v) is 2.75. The monoisotopic (exact) mass is 233 g/mol. The van der Waals surface area contributed by atoms with Crippen LogP contribution in [0.15, 0.2) is 18.2 Å². The van der Waals surface area contributed by atoms with Crippen molar-refractivity contribution in [3.8, 4) is 0 Å². The molecule has 1 N–H and O–H groups in total. The summed E-state index contributed by atoms with van der Waals surface area (Å²) >= 11 is 0. The first kappa shape index (κ1) is 11.4. The lowest BCUT2D eigenvalue weighted by Crippen LogP contribution is -2.43. The molecule has 0 atom stereocenters. The summed E-state index contributed by atoms with van der Waals surface area (Å²) in [5.74, 6) is -0.308. The van der Waals surface area contributed by atoms with Crippen LogP contribution in [0.1, 0.15) is 11.1 Å². The van der Waals surface area contributed by atoms with Gasteiger partial charge in [-0.05, 0) is 49.2 Å². The summed E-state index contributed by atoms with van der Waals surface area (Å²) in [6.07, 6.45) is -4.04. The van der Waals surface area contributed by atoms with Crippen LogP contribution < -0.4 is 5.32 Å². The number of alkyl halides is 3. The normalized spacial score (nSPS) is 17.2. The summed E-state index contributed by atoms with van der Waals surface area (Å²) in [4.78, 5) is 0. The Labute approximate surface area is 90.5 Å². The highest BCUT2D eigenvalue weighted by Crippen LogP contribution is 2.31. The van der Waals surface area contributed by atoms with Crippen molar-refractivity contribution in [1.82, 2.24) is 5.32 Å². The molecule has 0 amide bonds. The van der Waals surface area contributed by atoms with Gasteiger partial charge in [-0.25, -0.2) is 4.39 Å². The van der Waals surface area contributed by atoms with Crippen LogP contribution in [0, 0.1) is 11.7 Å². The second kappa shape index (κ2) is 4.05. The predicted octanol–water partition coefficient (Wildman–Crippen LogP) is 2.61. The lowest BCUT2D eigenvalue weighted by atomic mass is 9.93. The Morgan fingerprint density at radius 1 is 1.25 bits per heavy atom. The van der Waals surface area contributed by atoms with Gasteiger partial charge in [0.15, 0.2) is 0 Å². The molecule has 0 bridgehead atoms. The Hall–Kier alpha value is -1.10. The quantitative estimate of drug-likeness (QED) is 0.774. The van der Waals surface area contributed by atoms with E-state index in [4.69, 9.17) is 0 Å². The zero-order valence-electron chi connectivity index (χ0n) is 8.44. The lowest BCUT2D eigenvalue weighted by Gasteiger charge is -2.27. The molecule has 1 nitrogen and oxygen atoms in total. The molecule has 0 aromatic heterocycles. The zero-order chi connectivity index (χ0) is 11.8. The molecular formula is C11H11F4N. The molecule has 1 aliphatic rings. The number of nitrogens with one attached hydrogen (secondary N) is 1. The number of rotatable bonds is 2. The third-order valence-electron chi connectivity index (χ3n) is 2.75. The molecule has 2 rings (SSSR count). The van der Waals surface area contributed by atoms with Crippen molar-refractivity contribution in [3.63, 3.8) is 0 Å². The van der Waals surface area contributed by atoms with Crippen molar-refractivity contribution in [2.24, 2.45) is 5.92 Å². The maximum absolute atomic E-state index is 13.3. The summed E-state index contributed by atoms with van der Waals surface area (Å²) in [5, 5.41) is 3.00. The molecular weight excluding hydrogens is 222 g/mol. The fraction of sp³-hybridized carbons (Fsp3) is 0.455. The van der Waals surface area contributed by atoms with Crippen molar-refractivity contribution >= 4 is 0 Å². The van der Waals surface area contributed by atoms with Gasteiger partial charge >= 0.3 is 6.18 Å². The van der Waals surface area contributed by atoms with E-state index in [1.165, 1.54) is 0 Å². The number of benzene rings is 1. The molecule has 1 fully saturated rings. The van der Waals surface area contributed by atoms with Crippen LogP contribution in [0.2, 0.25) is 0 Å². The van der Waals surface area contributed by atoms with E-state index in [1.807, 2.05) is 0 Å². The molecule has 0 saturated carbocycles. The second-order valence-corrected chi connectivity index (χ2v) is 4.03. The van der Waals surface area contributed by atoms with Crippen LogP contribution in [0.4, 0.5) is 17.6 Å². The van der Waals surface area contributed by atoms with Gasteiger partial charge in [0.05, 0.1) is 5.56 Å². The van der Waals surface area contributed by atoms with Crippen LogP contribution in [0.5, 0.6) is 0 Å². The smallest absolute Gasteiger partial charge is 0.316 e. The minimum Gasteiger partial charge on any atom is -0.316 e. The molecule has 1 heterocycles. The van der Waals surface area contributed by atoms with Gasteiger partial charge in [0, 0.05) is 0 Å². The molecule has 0 unspecified atom stereocenters. The summed E-state index contributed by atoms with van der Waals surface area (Å²) in [5.41, 5.74) is -0.627. The van der Waals surface area contributed by atoms with E-state index >= 15 is 0 Å². The van der Waals surface area contributed by atoms with Crippen molar-refractivity contribution in [2.75, 3.05) is 13.1 Å². The molecule has 16 heavy (non-hydrogen) atoms. The van der Waals surface area contributed by atoms with E-state index in [2.05, 4.69) is 5.32 Å². The molecule has 1 saturated heterocycles. The topological polar surface area (TPSA) is 12.0 Å². The standard InChI is InChI=1S/C11H11F4N/c12-10-2-1-9(11(13,14)15)4-8(10)3-7-5-16-6-7/h1-2,4,7,16H,3,5-6H2. The van der Waals surface area contributed by atoms with Gasteiger partial charge in [0.25, 0.3) is 0 Å². The van der Waals surface area contributed by atoms with E-state index in [0.717, 1.165) is 31.3 Å². The summed E-state index contributed by atoms with van der Waals surface area (Å²) < 4.78 is 50.5. The first-order valence-electron chi connectivity index (χ1n) is 5.03. The van der Waals surface area contributed by atoms with E-state index < -0.39 is 17.6 Å². The fourth-order valence-electron chi connectivity index (χ4n) is 1.71. The minimum absolute atomic E-state index is 0.154. The lowest BCUT2D eigenvalue weighted by molar-refractivity contribution is -0.137. The van der Waals surface area contributed by atoms with Crippen LogP contribution in [0.25, 0.3) is 0 Å². The van der Waals surface area contributed by atoms with Crippen molar-refractivity contribution in [1.29, 1.82) is 0 Å². The van der Waals surface area contributed by atoms with Crippen molar-refractivity contribution < 1.29 is 17.6 Å². The van der Waals surface area contributed by atoms with Gasteiger partial charge in [-0.2, -0.15) is 13.2 Å². The number of hydrogen-bond donors (Lipinski definition) is 1. The average molecular weight is 233 g/mol. The molecule has 0 aliphatic carbocycles. The van der Waals surface area contributed by atoms with Crippen molar-refractivity contribution in [2.45, 2.75) is 12.6 Å². The van der Waals surface area contributed by atoms with E-state index in [9.17, 15) is 17.6 Å². The Bertz CT molecular complexity index is 382. The minimum atomic E-state index is -4.40. The van der Waals surface area contributed by atoms with Crippen LogP contribution >= 0.6 is 0 Å². The first-order chi connectivity index (χ1) is 7.47. The maximum Gasteiger partial charge on any atom is 0.416 e. The van der Waals surface area contributed by atoms with Gasteiger partial charge in [0.1, 0.15) is 5.82 Å². The Kier molecular flexibility index (Phi) is 2.88. The van der Waals surface area contributed by atoms with Gasteiger partial charge in [-0.15, -0.1) is 0 Å². The SMILES string of the molecule is Fc1ccc(C(F)(F)F)cc1CC1CNC1. The molecule has 1 aromatic rings. The van der Waals surface area contributed by atoms with Gasteiger partial charge < -0.3 is 5.32 Å². The maximum atomic E-state index is 13.3. The predicted molar refractivity (Wildman–Crippen MR) is 51.5 cm³/mol. The Morgan fingerprint density at radius 2 is 1.94 bits per heavy atom. The van der Waals surface area contributed by atoms with Gasteiger partial charge in [-0.1, -0.05) is 0 Å². The molecule has 88 valence electrons. The van der Waals surface area contributed by atoms with Crippen molar-refractivity contribution in [3.05, 3.63) is 35.1 Å². The molecule has 0 radical (unpaired) electrons. The molecule has 1 aromatic carbocycles. The second-order valence-electron chi connectivity index (χ2n) is 4.03. The highest BCUT2D eigenvalue weighted by molar-refractivity contribution is 5.27. The Balaban J connectivity index is 2.21. The Morgan fingerprint density at radius 3 is 2.44 bits per heavy atom. The highest BCUT2D eigenvalue weighted by Gasteiger charge is 2.31. The summed E-state index contributed by atoms with van der Waals surface area (Å²) in [6.45, 7) is 1.49. The number of hydrogen-bond acceptors (Lipinski definition) is 1. The van der Waals surface area contributed by atoms with E-state index in [1.54, 1.807) is 0 Å². The van der Waals surface area contributed by atoms with Gasteiger partial charge in [0.2, 0.25) is 0 Å². The summed E-state index contributed by atoms with van der Waals surface area (Å²) in [7, 11) is 0. The van der Waals surface area contributed by atoms with Crippen LogP contribution in [-0.2, 0) is 12.6 Å². The van der Waals surface area contributed by atoms with E-state index in [0.29, 0.717) is 6.42 Å². The average Bonchev–Trinajstić information content (AvgIpc) is 2.11. The highest BCUT2D eigenvalue weighted by atomic mass is 19.4.